The molecule has 0 aromatic heterocycles. The minimum absolute atomic E-state index is 0.0441. The molecule has 1 atom stereocenters. The van der Waals surface area contributed by atoms with Crippen LogP contribution in [0.2, 0.25) is 0 Å². The van der Waals surface area contributed by atoms with Crippen molar-refractivity contribution in [1.29, 1.82) is 0 Å². The van der Waals surface area contributed by atoms with Crippen molar-refractivity contribution < 1.29 is 19.4 Å². The second-order valence-electron chi connectivity index (χ2n) is 8.95. The quantitative estimate of drug-likeness (QED) is 0.731. The third-order valence-electron chi connectivity index (χ3n) is 7.15. The van der Waals surface area contributed by atoms with Gasteiger partial charge >= 0.3 is 12.1 Å². The Morgan fingerprint density at radius 1 is 1.03 bits per heavy atom. The highest BCUT2D eigenvalue weighted by Crippen LogP contribution is 2.50. The number of carbonyl (C=O) groups excluding carboxylic acids is 1. The molecule has 5 nitrogen and oxygen atoms in total. The average molecular weight is 408 g/mol. The average Bonchev–Trinajstić information content (AvgIpc) is 3.22. The molecule has 158 valence electrons. The Morgan fingerprint density at radius 3 is 2.07 bits per heavy atom. The van der Waals surface area contributed by atoms with E-state index in [2.05, 4.69) is 24.3 Å². The molecule has 1 fully saturated rings. The number of carboxylic acid groups (broad SMARTS) is 1. The summed E-state index contributed by atoms with van der Waals surface area (Å²) in [6.45, 7) is 6.19. The summed E-state index contributed by atoms with van der Waals surface area (Å²) in [4.78, 5) is 27.0. The molecule has 2 aliphatic carbocycles. The van der Waals surface area contributed by atoms with Crippen molar-refractivity contribution in [3.8, 4) is 11.1 Å². The Hall–Kier alpha value is -2.82. The summed E-state index contributed by atoms with van der Waals surface area (Å²) in [5, 5.41) is 10.1. The predicted molar refractivity (Wildman–Crippen MR) is 115 cm³/mol. The molecule has 0 heterocycles. The van der Waals surface area contributed by atoms with Gasteiger partial charge in [-0.3, -0.25) is 4.90 Å². The molecule has 30 heavy (non-hydrogen) atoms. The monoisotopic (exact) mass is 407 g/mol. The number of amides is 1. The van der Waals surface area contributed by atoms with Crippen molar-refractivity contribution in [1.82, 2.24) is 4.90 Å². The lowest BCUT2D eigenvalue weighted by molar-refractivity contribution is -0.157. The van der Waals surface area contributed by atoms with Gasteiger partial charge in [0.25, 0.3) is 0 Å². The van der Waals surface area contributed by atoms with Crippen molar-refractivity contribution >= 4 is 12.1 Å². The van der Waals surface area contributed by atoms with Gasteiger partial charge in [0.05, 0.1) is 0 Å². The van der Waals surface area contributed by atoms with E-state index in [4.69, 9.17) is 4.74 Å². The molecular weight excluding hydrogens is 378 g/mol. The number of rotatable bonds is 5. The van der Waals surface area contributed by atoms with E-state index in [-0.39, 0.29) is 12.5 Å². The Labute approximate surface area is 177 Å². The van der Waals surface area contributed by atoms with Crippen LogP contribution in [-0.2, 0) is 9.53 Å². The lowest BCUT2D eigenvalue weighted by atomic mass is 9.73. The first kappa shape index (κ1) is 20.5. The maximum absolute atomic E-state index is 13.2. The molecule has 5 heteroatoms. The second kappa shape index (κ2) is 7.46. The molecule has 0 radical (unpaired) electrons. The minimum atomic E-state index is -1.23. The highest BCUT2D eigenvalue weighted by molar-refractivity contribution is 5.86. The summed E-state index contributed by atoms with van der Waals surface area (Å²) >= 11 is 0. The van der Waals surface area contributed by atoms with Crippen LogP contribution in [0.3, 0.4) is 0 Å². The molecule has 4 rings (SSSR count). The first-order valence-electron chi connectivity index (χ1n) is 10.7. The fourth-order valence-electron chi connectivity index (χ4n) is 5.57. The van der Waals surface area contributed by atoms with Crippen molar-refractivity contribution in [2.24, 2.45) is 5.41 Å². The topological polar surface area (TPSA) is 66.8 Å². The van der Waals surface area contributed by atoms with E-state index in [1.807, 2.05) is 45.0 Å². The summed E-state index contributed by atoms with van der Waals surface area (Å²) in [5.74, 6) is -0.988. The number of benzene rings is 2. The molecule has 2 aromatic rings. The molecule has 0 bridgehead atoms. The molecule has 1 N–H and O–H groups in total. The standard InChI is InChI=1S/C25H29NO4/c1-4-26(25(22(27)28)15-9-14-24(25,2)3)23(29)30-16-21-19-12-7-5-10-17(19)18-11-6-8-13-20(18)21/h5-8,10-13,21H,4,9,14-16H2,1-3H3,(H,27,28). The molecule has 0 aliphatic heterocycles. The van der Waals surface area contributed by atoms with Crippen molar-refractivity contribution in [3.05, 3.63) is 59.7 Å². The van der Waals surface area contributed by atoms with Crippen molar-refractivity contribution in [2.45, 2.75) is 51.5 Å². The van der Waals surface area contributed by atoms with Crippen LogP contribution in [0.5, 0.6) is 0 Å². The Kier molecular flexibility index (Phi) is 5.08. The van der Waals surface area contributed by atoms with Gasteiger partial charge in [0.1, 0.15) is 12.1 Å². The molecule has 1 saturated carbocycles. The van der Waals surface area contributed by atoms with Crippen LogP contribution >= 0.6 is 0 Å². The molecule has 2 aromatic carbocycles. The SMILES string of the molecule is CCN(C(=O)OCC1c2ccccc2-c2ccccc21)C1(C(=O)O)CCCC1(C)C. The van der Waals surface area contributed by atoms with Gasteiger partial charge in [-0.05, 0) is 53.9 Å². The normalized spacial score (nSPS) is 21.7. The van der Waals surface area contributed by atoms with Gasteiger partial charge in [0.15, 0.2) is 0 Å². The number of hydrogen-bond donors (Lipinski definition) is 1. The first-order chi connectivity index (χ1) is 14.3. The van der Waals surface area contributed by atoms with Crippen LogP contribution in [-0.4, -0.2) is 40.8 Å². The van der Waals surface area contributed by atoms with Crippen molar-refractivity contribution in [2.75, 3.05) is 13.2 Å². The first-order valence-corrected chi connectivity index (χ1v) is 10.7. The number of carboxylic acids is 1. The smallest absolute Gasteiger partial charge is 0.410 e. The summed E-state index contributed by atoms with van der Waals surface area (Å²) in [6.07, 6.45) is 1.46. The molecule has 0 saturated heterocycles. The lowest BCUT2D eigenvalue weighted by Crippen LogP contribution is -2.62. The maximum atomic E-state index is 13.2. The van der Waals surface area contributed by atoms with E-state index in [1.165, 1.54) is 16.0 Å². The van der Waals surface area contributed by atoms with Gasteiger partial charge in [-0.25, -0.2) is 9.59 Å². The van der Waals surface area contributed by atoms with Gasteiger partial charge in [-0.2, -0.15) is 0 Å². The molecule has 1 amide bonds. The van der Waals surface area contributed by atoms with Crippen LogP contribution in [0.4, 0.5) is 4.79 Å². The largest absolute Gasteiger partial charge is 0.479 e. The summed E-state index contributed by atoms with van der Waals surface area (Å²) in [6, 6.07) is 16.4. The van der Waals surface area contributed by atoms with Gasteiger partial charge in [-0.15, -0.1) is 0 Å². The number of aliphatic carboxylic acids is 1. The zero-order chi connectivity index (χ0) is 21.5. The summed E-state index contributed by atoms with van der Waals surface area (Å²) < 4.78 is 5.80. The summed E-state index contributed by atoms with van der Waals surface area (Å²) in [7, 11) is 0. The van der Waals surface area contributed by atoms with Crippen LogP contribution in [0.15, 0.2) is 48.5 Å². The Balaban J connectivity index is 1.59. The van der Waals surface area contributed by atoms with Crippen LogP contribution < -0.4 is 0 Å². The van der Waals surface area contributed by atoms with Crippen LogP contribution in [0.1, 0.15) is 57.1 Å². The van der Waals surface area contributed by atoms with E-state index in [1.54, 1.807) is 0 Å². The van der Waals surface area contributed by atoms with E-state index in [0.717, 1.165) is 24.0 Å². The highest BCUT2D eigenvalue weighted by Gasteiger charge is 2.60. The Morgan fingerprint density at radius 2 is 1.60 bits per heavy atom. The van der Waals surface area contributed by atoms with Gasteiger partial charge in [-0.1, -0.05) is 62.4 Å². The Bertz CT molecular complexity index is 937. The fourth-order valence-corrected chi connectivity index (χ4v) is 5.57. The second-order valence-corrected chi connectivity index (χ2v) is 8.95. The van der Waals surface area contributed by atoms with E-state index >= 15 is 0 Å². The van der Waals surface area contributed by atoms with Crippen LogP contribution in [0, 0.1) is 5.41 Å². The third-order valence-corrected chi connectivity index (χ3v) is 7.15. The fraction of sp³-hybridized carbons (Fsp3) is 0.440. The molecular formula is C25H29NO4. The zero-order valence-corrected chi connectivity index (χ0v) is 17.9. The van der Waals surface area contributed by atoms with Gasteiger partial charge < -0.3 is 9.84 Å². The minimum Gasteiger partial charge on any atom is -0.479 e. The van der Waals surface area contributed by atoms with E-state index in [9.17, 15) is 14.7 Å². The molecule has 2 aliphatic rings. The summed E-state index contributed by atoms with van der Waals surface area (Å²) in [5.41, 5.74) is 2.87. The van der Waals surface area contributed by atoms with Crippen LogP contribution in [0.25, 0.3) is 11.1 Å². The number of ether oxygens (including phenoxy) is 1. The third kappa shape index (κ3) is 2.91. The van der Waals surface area contributed by atoms with Crippen molar-refractivity contribution in [3.63, 3.8) is 0 Å². The predicted octanol–water partition coefficient (Wildman–Crippen LogP) is 5.29. The van der Waals surface area contributed by atoms with E-state index < -0.39 is 23.0 Å². The van der Waals surface area contributed by atoms with Gasteiger partial charge in [0, 0.05) is 12.5 Å². The number of nitrogens with zero attached hydrogens (tertiary/aromatic N) is 1. The van der Waals surface area contributed by atoms with E-state index in [0.29, 0.717) is 13.0 Å². The lowest BCUT2D eigenvalue weighted by Gasteiger charge is -2.45. The zero-order valence-electron chi connectivity index (χ0n) is 17.9. The number of carbonyl (C=O) groups is 2. The maximum Gasteiger partial charge on any atom is 0.410 e. The molecule has 0 spiro atoms. The number of fused-ring (bicyclic) bond motifs is 3. The number of likely N-dealkylation sites (N-methyl/N-ethyl adjacent to an activating group) is 1. The highest BCUT2D eigenvalue weighted by atomic mass is 16.6. The van der Waals surface area contributed by atoms with Gasteiger partial charge in [0.2, 0.25) is 0 Å². The molecule has 1 unspecified atom stereocenters. The number of hydrogen-bond acceptors (Lipinski definition) is 3.